The molecule has 6 heteroatoms. The van der Waals surface area contributed by atoms with Gasteiger partial charge in [0.25, 0.3) is 6.47 Å². The summed E-state index contributed by atoms with van der Waals surface area (Å²) in [5, 5.41) is 3.04. The molecule has 0 radical (unpaired) electrons. The topological polar surface area (TPSA) is 38.3 Å². The lowest BCUT2D eigenvalue weighted by molar-refractivity contribution is -0.164. The van der Waals surface area contributed by atoms with Crippen molar-refractivity contribution in [3.8, 4) is 0 Å². The van der Waals surface area contributed by atoms with Crippen molar-refractivity contribution in [2.75, 3.05) is 19.7 Å². The fourth-order valence-corrected chi connectivity index (χ4v) is 2.22. The molecule has 0 aromatic carbocycles. The van der Waals surface area contributed by atoms with Crippen LogP contribution in [0.2, 0.25) is 0 Å². The lowest BCUT2D eigenvalue weighted by Crippen LogP contribution is -2.40. The maximum Gasteiger partial charge on any atom is 0.389 e. The molecule has 1 aliphatic heterocycles. The van der Waals surface area contributed by atoms with Gasteiger partial charge in [-0.3, -0.25) is 4.79 Å². The highest BCUT2D eigenvalue weighted by molar-refractivity contribution is 5.36. The normalized spacial score (nSPS) is 20.4. The highest BCUT2D eigenvalue weighted by Gasteiger charge is 2.42. The summed E-state index contributed by atoms with van der Waals surface area (Å²) in [6.07, 6.45) is -3.70. The third-order valence-electron chi connectivity index (χ3n) is 3.06. The summed E-state index contributed by atoms with van der Waals surface area (Å²) in [4.78, 5) is 9.98. The van der Waals surface area contributed by atoms with E-state index in [2.05, 4.69) is 10.1 Å². The first-order valence-electron chi connectivity index (χ1n) is 5.30. The van der Waals surface area contributed by atoms with Crippen LogP contribution in [0.4, 0.5) is 13.2 Å². The Bertz CT molecular complexity index is 225. The number of halogens is 3. The van der Waals surface area contributed by atoms with Gasteiger partial charge in [-0.1, -0.05) is 0 Å². The Morgan fingerprint density at radius 3 is 2.44 bits per heavy atom. The monoisotopic (exact) mass is 239 g/mol. The third-order valence-corrected chi connectivity index (χ3v) is 3.06. The van der Waals surface area contributed by atoms with Gasteiger partial charge in [-0.05, 0) is 37.8 Å². The van der Waals surface area contributed by atoms with Crippen LogP contribution in [-0.2, 0) is 9.53 Å². The molecule has 16 heavy (non-hydrogen) atoms. The van der Waals surface area contributed by atoms with Crippen LogP contribution in [-0.4, -0.2) is 32.3 Å². The smallest absolute Gasteiger partial charge is 0.389 e. The van der Waals surface area contributed by atoms with E-state index in [0.29, 0.717) is 25.9 Å². The van der Waals surface area contributed by atoms with Crippen molar-refractivity contribution >= 4 is 6.47 Å². The molecule has 3 nitrogen and oxygen atoms in total. The van der Waals surface area contributed by atoms with Gasteiger partial charge in [-0.2, -0.15) is 13.2 Å². The molecular formula is C10H16F3NO2. The molecule has 0 atom stereocenters. The molecule has 1 aliphatic rings. The Morgan fingerprint density at radius 1 is 1.31 bits per heavy atom. The number of rotatable bonds is 5. The standard InChI is InChI=1S/C10H16F3NO2/c11-10(12,13)7-9(3-6-16-8-15)1-4-14-5-2-9/h8,14H,1-7H2. The minimum absolute atomic E-state index is 0.0690. The largest absolute Gasteiger partial charge is 0.468 e. The fraction of sp³-hybridized carbons (Fsp3) is 0.900. The maximum absolute atomic E-state index is 12.5. The van der Waals surface area contributed by atoms with Gasteiger partial charge in [0.05, 0.1) is 6.61 Å². The molecule has 0 aromatic rings. The molecule has 1 heterocycles. The molecule has 94 valence electrons. The van der Waals surface area contributed by atoms with Crippen LogP contribution >= 0.6 is 0 Å². The Balaban J connectivity index is 2.56. The van der Waals surface area contributed by atoms with E-state index in [1.807, 2.05) is 0 Å². The zero-order valence-electron chi connectivity index (χ0n) is 8.98. The van der Waals surface area contributed by atoms with E-state index in [9.17, 15) is 18.0 Å². The van der Waals surface area contributed by atoms with Crippen LogP contribution in [0.25, 0.3) is 0 Å². The van der Waals surface area contributed by atoms with Crippen molar-refractivity contribution in [1.29, 1.82) is 0 Å². The highest BCUT2D eigenvalue weighted by atomic mass is 19.4. The molecular weight excluding hydrogens is 223 g/mol. The Hall–Kier alpha value is -0.780. The molecule has 0 spiro atoms. The van der Waals surface area contributed by atoms with Crippen LogP contribution in [0.15, 0.2) is 0 Å². The van der Waals surface area contributed by atoms with Gasteiger partial charge in [0, 0.05) is 6.42 Å². The highest BCUT2D eigenvalue weighted by Crippen LogP contribution is 2.42. The number of carbonyl (C=O) groups is 1. The van der Waals surface area contributed by atoms with Gasteiger partial charge in [0.1, 0.15) is 0 Å². The predicted octanol–water partition coefficient (Wildman–Crippen LogP) is 1.87. The predicted molar refractivity (Wildman–Crippen MR) is 51.8 cm³/mol. The van der Waals surface area contributed by atoms with E-state index in [4.69, 9.17) is 0 Å². The molecule has 1 saturated heterocycles. The Morgan fingerprint density at radius 2 is 1.94 bits per heavy atom. The molecule has 0 bridgehead atoms. The average molecular weight is 239 g/mol. The minimum atomic E-state index is -4.15. The molecule has 1 N–H and O–H groups in total. The molecule has 1 rings (SSSR count). The van der Waals surface area contributed by atoms with E-state index >= 15 is 0 Å². The summed E-state index contributed by atoms with van der Waals surface area (Å²) in [5.74, 6) is 0. The summed E-state index contributed by atoms with van der Waals surface area (Å²) in [7, 11) is 0. The number of nitrogens with one attached hydrogen (secondary N) is 1. The lowest BCUT2D eigenvalue weighted by atomic mass is 9.73. The van der Waals surface area contributed by atoms with Gasteiger partial charge in [0.2, 0.25) is 0 Å². The van der Waals surface area contributed by atoms with E-state index in [0.717, 1.165) is 0 Å². The average Bonchev–Trinajstić information content (AvgIpc) is 2.16. The van der Waals surface area contributed by atoms with Crippen LogP contribution in [0.5, 0.6) is 0 Å². The van der Waals surface area contributed by atoms with E-state index in [-0.39, 0.29) is 19.5 Å². The summed E-state index contributed by atoms with van der Waals surface area (Å²) >= 11 is 0. The second-order valence-electron chi connectivity index (χ2n) is 4.26. The van der Waals surface area contributed by atoms with Gasteiger partial charge in [-0.25, -0.2) is 0 Å². The van der Waals surface area contributed by atoms with Gasteiger partial charge < -0.3 is 10.1 Å². The van der Waals surface area contributed by atoms with Crippen molar-refractivity contribution in [3.63, 3.8) is 0 Å². The van der Waals surface area contributed by atoms with Gasteiger partial charge >= 0.3 is 6.18 Å². The number of carbonyl (C=O) groups excluding carboxylic acids is 1. The van der Waals surface area contributed by atoms with Crippen molar-refractivity contribution in [3.05, 3.63) is 0 Å². The van der Waals surface area contributed by atoms with Gasteiger partial charge in [0.15, 0.2) is 0 Å². The fourth-order valence-electron chi connectivity index (χ4n) is 2.22. The molecule has 0 saturated carbocycles. The van der Waals surface area contributed by atoms with Crippen LogP contribution < -0.4 is 5.32 Å². The van der Waals surface area contributed by atoms with Crippen LogP contribution in [0, 0.1) is 5.41 Å². The van der Waals surface area contributed by atoms with E-state index in [1.54, 1.807) is 0 Å². The first kappa shape index (κ1) is 13.3. The lowest BCUT2D eigenvalue weighted by Gasteiger charge is -2.38. The minimum Gasteiger partial charge on any atom is -0.468 e. The summed E-state index contributed by atoms with van der Waals surface area (Å²) < 4.78 is 41.9. The zero-order chi connectivity index (χ0) is 12.1. The quantitative estimate of drug-likeness (QED) is 0.588. The molecule has 0 unspecified atom stereocenters. The van der Waals surface area contributed by atoms with Crippen LogP contribution in [0.3, 0.4) is 0 Å². The van der Waals surface area contributed by atoms with Crippen molar-refractivity contribution in [2.45, 2.75) is 31.9 Å². The maximum atomic E-state index is 12.5. The number of piperidine rings is 1. The van der Waals surface area contributed by atoms with Gasteiger partial charge in [-0.15, -0.1) is 0 Å². The van der Waals surface area contributed by atoms with E-state index in [1.165, 1.54) is 0 Å². The second-order valence-corrected chi connectivity index (χ2v) is 4.26. The first-order chi connectivity index (χ1) is 7.47. The molecule has 0 aromatic heterocycles. The first-order valence-corrected chi connectivity index (χ1v) is 5.30. The summed E-state index contributed by atoms with van der Waals surface area (Å²) in [5.41, 5.74) is -0.757. The Labute approximate surface area is 92.3 Å². The number of alkyl halides is 3. The van der Waals surface area contributed by atoms with Crippen molar-refractivity contribution in [2.24, 2.45) is 5.41 Å². The summed E-state index contributed by atoms with van der Waals surface area (Å²) in [6.45, 7) is 1.54. The number of ether oxygens (including phenoxy) is 1. The van der Waals surface area contributed by atoms with E-state index < -0.39 is 18.0 Å². The van der Waals surface area contributed by atoms with Crippen molar-refractivity contribution < 1.29 is 22.7 Å². The molecule has 0 amide bonds. The molecule has 0 aliphatic carbocycles. The zero-order valence-corrected chi connectivity index (χ0v) is 8.98. The van der Waals surface area contributed by atoms with Crippen LogP contribution in [0.1, 0.15) is 25.7 Å². The molecule has 1 fully saturated rings. The summed E-state index contributed by atoms with van der Waals surface area (Å²) in [6, 6.07) is 0. The van der Waals surface area contributed by atoms with Crippen molar-refractivity contribution in [1.82, 2.24) is 5.32 Å². The number of hydrogen-bond acceptors (Lipinski definition) is 3. The SMILES string of the molecule is O=COCCC1(CC(F)(F)F)CCNCC1. The third kappa shape index (κ3) is 4.38. The second kappa shape index (κ2) is 5.52. The number of hydrogen-bond donors (Lipinski definition) is 1. The Kier molecular flexibility index (Phi) is 4.58.